The SMILES string of the molecule is NC1CCCN(c2cc(Cl)ccc2Cl)C1. The Hall–Kier alpha value is -0.440. The van der Waals surface area contributed by atoms with E-state index in [4.69, 9.17) is 28.9 Å². The van der Waals surface area contributed by atoms with E-state index in [-0.39, 0.29) is 6.04 Å². The molecule has 0 radical (unpaired) electrons. The van der Waals surface area contributed by atoms with Crippen molar-refractivity contribution >= 4 is 28.9 Å². The highest BCUT2D eigenvalue weighted by atomic mass is 35.5. The first-order valence-corrected chi connectivity index (χ1v) is 5.88. The molecule has 1 aliphatic rings. The number of nitrogens with two attached hydrogens (primary N) is 1. The zero-order chi connectivity index (χ0) is 10.8. The van der Waals surface area contributed by atoms with Crippen LogP contribution in [0.1, 0.15) is 12.8 Å². The Bertz CT molecular complexity index is 354. The number of halogens is 2. The van der Waals surface area contributed by atoms with Crippen LogP contribution in [0.3, 0.4) is 0 Å². The van der Waals surface area contributed by atoms with Crippen molar-refractivity contribution in [2.75, 3.05) is 18.0 Å². The van der Waals surface area contributed by atoms with Gasteiger partial charge in [0, 0.05) is 24.2 Å². The molecule has 0 aromatic heterocycles. The summed E-state index contributed by atoms with van der Waals surface area (Å²) in [5.74, 6) is 0. The smallest absolute Gasteiger partial charge is 0.0640 e. The minimum Gasteiger partial charge on any atom is -0.369 e. The third-order valence-electron chi connectivity index (χ3n) is 2.71. The fourth-order valence-electron chi connectivity index (χ4n) is 1.96. The lowest BCUT2D eigenvalue weighted by Crippen LogP contribution is -2.42. The number of hydrogen-bond donors (Lipinski definition) is 1. The maximum atomic E-state index is 6.14. The van der Waals surface area contributed by atoms with Crippen LogP contribution in [0.15, 0.2) is 18.2 Å². The largest absolute Gasteiger partial charge is 0.369 e. The van der Waals surface area contributed by atoms with Crippen LogP contribution in [0, 0.1) is 0 Å². The van der Waals surface area contributed by atoms with Crippen LogP contribution in [0.25, 0.3) is 0 Å². The molecule has 0 amide bonds. The summed E-state index contributed by atoms with van der Waals surface area (Å²) in [4.78, 5) is 2.21. The fourth-order valence-corrected chi connectivity index (χ4v) is 2.36. The maximum Gasteiger partial charge on any atom is 0.0640 e. The average Bonchev–Trinajstić information content (AvgIpc) is 2.22. The lowest BCUT2D eigenvalue weighted by atomic mass is 10.1. The summed E-state index contributed by atoms with van der Waals surface area (Å²) in [6.45, 7) is 1.87. The molecule has 1 atom stereocenters. The van der Waals surface area contributed by atoms with Gasteiger partial charge in [-0.1, -0.05) is 23.2 Å². The lowest BCUT2D eigenvalue weighted by molar-refractivity contribution is 0.506. The second kappa shape index (κ2) is 4.60. The van der Waals surface area contributed by atoms with Gasteiger partial charge in [0.2, 0.25) is 0 Å². The highest BCUT2D eigenvalue weighted by Gasteiger charge is 2.18. The standard InChI is InChI=1S/C11H14Cl2N2/c12-8-3-4-10(13)11(6-8)15-5-1-2-9(14)7-15/h3-4,6,9H,1-2,5,7,14H2. The van der Waals surface area contributed by atoms with Crippen molar-refractivity contribution in [1.29, 1.82) is 0 Å². The third kappa shape index (κ3) is 2.57. The van der Waals surface area contributed by atoms with Gasteiger partial charge >= 0.3 is 0 Å². The molecule has 1 fully saturated rings. The van der Waals surface area contributed by atoms with Crippen LogP contribution in [0.4, 0.5) is 5.69 Å². The molecule has 1 aromatic carbocycles. The minimum absolute atomic E-state index is 0.244. The molecule has 0 saturated carbocycles. The molecule has 1 unspecified atom stereocenters. The number of benzene rings is 1. The van der Waals surface area contributed by atoms with Crippen LogP contribution in [-0.2, 0) is 0 Å². The fraction of sp³-hybridized carbons (Fsp3) is 0.455. The van der Waals surface area contributed by atoms with Crippen LogP contribution in [-0.4, -0.2) is 19.1 Å². The van der Waals surface area contributed by atoms with E-state index in [1.807, 2.05) is 12.1 Å². The first-order chi connectivity index (χ1) is 7.16. The summed E-state index contributed by atoms with van der Waals surface area (Å²) < 4.78 is 0. The number of hydrogen-bond acceptors (Lipinski definition) is 2. The Morgan fingerprint density at radius 1 is 1.33 bits per heavy atom. The van der Waals surface area contributed by atoms with Gasteiger partial charge < -0.3 is 10.6 Å². The number of piperidine rings is 1. The van der Waals surface area contributed by atoms with Gasteiger partial charge in [-0.2, -0.15) is 0 Å². The zero-order valence-electron chi connectivity index (χ0n) is 8.42. The van der Waals surface area contributed by atoms with E-state index < -0.39 is 0 Å². The Labute approximate surface area is 100.0 Å². The van der Waals surface area contributed by atoms with Crippen molar-refractivity contribution in [1.82, 2.24) is 0 Å². The lowest BCUT2D eigenvalue weighted by Gasteiger charge is -2.33. The third-order valence-corrected chi connectivity index (χ3v) is 3.26. The van der Waals surface area contributed by atoms with Crippen LogP contribution < -0.4 is 10.6 Å². The second-order valence-electron chi connectivity index (χ2n) is 3.94. The monoisotopic (exact) mass is 244 g/mol. The Balaban J connectivity index is 2.24. The molecule has 82 valence electrons. The molecule has 2 nitrogen and oxygen atoms in total. The van der Waals surface area contributed by atoms with Gasteiger partial charge in [0.1, 0.15) is 0 Å². The first-order valence-electron chi connectivity index (χ1n) is 5.12. The molecular formula is C11H14Cl2N2. The molecule has 2 rings (SSSR count). The van der Waals surface area contributed by atoms with E-state index in [0.717, 1.165) is 36.6 Å². The molecule has 1 aromatic rings. The van der Waals surface area contributed by atoms with Crippen molar-refractivity contribution < 1.29 is 0 Å². The molecular weight excluding hydrogens is 231 g/mol. The zero-order valence-corrected chi connectivity index (χ0v) is 9.93. The van der Waals surface area contributed by atoms with Gasteiger partial charge in [0.25, 0.3) is 0 Å². The van der Waals surface area contributed by atoms with E-state index in [9.17, 15) is 0 Å². The Kier molecular flexibility index (Phi) is 3.39. The normalized spacial score (nSPS) is 21.8. The molecule has 1 aliphatic heterocycles. The topological polar surface area (TPSA) is 29.3 Å². The highest BCUT2D eigenvalue weighted by molar-refractivity contribution is 6.35. The maximum absolute atomic E-state index is 6.14. The van der Waals surface area contributed by atoms with Gasteiger partial charge in [0.05, 0.1) is 10.7 Å². The summed E-state index contributed by atoms with van der Waals surface area (Å²) in [7, 11) is 0. The van der Waals surface area contributed by atoms with E-state index in [1.54, 1.807) is 6.07 Å². The van der Waals surface area contributed by atoms with Crippen LogP contribution in [0.5, 0.6) is 0 Å². The number of nitrogens with zero attached hydrogens (tertiary/aromatic N) is 1. The van der Waals surface area contributed by atoms with Gasteiger partial charge in [-0.05, 0) is 31.0 Å². The van der Waals surface area contributed by atoms with Crippen molar-refractivity contribution in [2.24, 2.45) is 5.73 Å². The van der Waals surface area contributed by atoms with Crippen LogP contribution in [0.2, 0.25) is 10.0 Å². The summed E-state index contributed by atoms with van der Waals surface area (Å²) in [6.07, 6.45) is 2.21. The van der Waals surface area contributed by atoms with Crippen molar-refractivity contribution in [3.05, 3.63) is 28.2 Å². The van der Waals surface area contributed by atoms with Gasteiger partial charge in [-0.15, -0.1) is 0 Å². The van der Waals surface area contributed by atoms with E-state index in [2.05, 4.69) is 4.90 Å². The first kappa shape index (κ1) is 11.1. The molecule has 1 saturated heterocycles. The average molecular weight is 245 g/mol. The van der Waals surface area contributed by atoms with Crippen LogP contribution >= 0.6 is 23.2 Å². The molecule has 0 bridgehead atoms. The molecule has 0 aliphatic carbocycles. The minimum atomic E-state index is 0.244. The summed E-state index contributed by atoms with van der Waals surface area (Å²) in [5.41, 5.74) is 6.93. The van der Waals surface area contributed by atoms with Crippen molar-refractivity contribution in [2.45, 2.75) is 18.9 Å². The van der Waals surface area contributed by atoms with Gasteiger partial charge in [-0.25, -0.2) is 0 Å². The van der Waals surface area contributed by atoms with Crippen molar-refractivity contribution in [3.63, 3.8) is 0 Å². The number of anilines is 1. The van der Waals surface area contributed by atoms with E-state index in [0.29, 0.717) is 5.02 Å². The second-order valence-corrected chi connectivity index (χ2v) is 4.79. The summed E-state index contributed by atoms with van der Waals surface area (Å²) in [6, 6.07) is 5.78. The Morgan fingerprint density at radius 2 is 2.13 bits per heavy atom. The quantitative estimate of drug-likeness (QED) is 0.824. The summed E-state index contributed by atoms with van der Waals surface area (Å²) >= 11 is 12.1. The van der Waals surface area contributed by atoms with Gasteiger partial charge in [0.15, 0.2) is 0 Å². The Morgan fingerprint density at radius 3 is 2.87 bits per heavy atom. The molecule has 1 heterocycles. The van der Waals surface area contributed by atoms with Gasteiger partial charge in [-0.3, -0.25) is 0 Å². The number of rotatable bonds is 1. The molecule has 4 heteroatoms. The predicted octanol–water partition coefficient (Wildman–Crippen LogP) is 2.92. The highest BCUT2D eigenvalue weighted by Crippen LogP contribution is 2.30. The predicted molar refractivity (Wildman–Crippen MR) is 65.9 cm³/mol. The van der Waals surface area contributed by atoms with Crippen molar-refractivity contribution in [3.8, 4) is 0 Å². The molecule has 2 N–H and O–H groups in total. The van der Waals surface area contributed by atoms with E-state index >= 15 is 0 Å². The molecule has 15 heavy (non-hydrogen) atoms. The molecule has 0 spiro atoms. The summed E-state index contributed by atoms with van der Waals surface area (Å²) in [5, 5.41) is 1.46. The van der Waals surface area contributed by atoms with E-state index in [1.165, 1.54) is 0 Å².